The van der Waals surface area contributed by atoms with Crippen molar-refractivity contribution in [3.8, 4) is 0 Å². The van der Waals surface area contributed by atoms with Crippen LogP contribution in [-0.2, 0) is 0 Å². The van der Waals surface area contributed by atoms with E-state index in [-0.39, 0.29) is 0 Å². The summed E-state index contributed by atoms with van der Waals surface area (Å²) in [5.74, 6) is 0. The molecule has 0 saturated heterocycles. The third kappa shape index (κ3) is 3.76. The van der Waals surface area contributed by atoms with E-state index >= 15 is 0 Å². The molecule has 1 unspecified atom stereocenters. The van der Waals surface area contributed by atoms with E-state index < -0.39 is 0 Å². The molecule has 0 aliphatic heterocycles. The third-order valence-electron chi connectivity index (χ3n) is 2.44. The van der Waals surface area contributed by atoms with E-state index in [2.05, 4.69) is 17.2 Å². The molecule has 0 saturated carbocycles. The molecule has 1 aromatic rings. The van der Waals surface area contributed by atoms with Crippen molar-refractivity contribution in [2.24, 2.45) is 0 Å². The molecule has 0 amide bonds. The number of nitrogens with zero attached hydrogens (tertiary/aromatic N) is 1. The molecule has 0 aliphatic rings. The second kappa shape index (κ2) is 6.96. The molecule has 0 aliphatic carbocycles. The fraction of sp³-hybridized carbons (Fsp3) is 0.727. The Morgan fingerprint density at radius 2 is 2.29 bits per heavy atom. The highest BCUT2D eigenvalue weighted by Gasteiger charge is 2.10. The van der Waals surface area contributed by atoms with E-state index in [1.807, 2.05) is 18.6 Å². The molecule has 1 heterocycles. The Morgan fingerprint density at radius 1 is 1.43 bits per heavy atom. The van der Waals surface area contributed by atoms with Crippen molar-refractivity contribution in [3.63, 3.8) is 0 Å². The van der Waals surface area contributed by atoms with Gasteiger partial charge in [-0.1, -0.05) is 32.6 Å². The summed E-state index contributed by atoms with van der Waals surface area (Å²) in [5.41, 5.74) is 0. The lowest BCUT2D eigenvalue weighted by Gasteiger charge is -2.12. The molecule has 1 atom stereocenters. The molecule has 80 valence electrons. The molecule has 0 aromatic carbocycles. The van der Waals surface area contributed by atoms with Crippen molar-refractivity contribution in [3.05, 3.63) is 16.6 Å². The van der Waals surface area contributed by atoms with Crippen molar-refractivity contribution in [2.75, 3.05) is 7.05 Å². The van der Waals surface area contributed by atoms with Crippen molar-refractivity contribution in [1.29, 1.82) is 0 Å². The van der Waals surface area contributed by atoms with Crippen LogP contribution in [0.15, 0.2) is 11.6 Å². The summed E-state index contributed by atoms with van der Waals surface area (Å²) in [4.78, 5) is 4.34. The highest BCUT2D eigenvalue weighted by Crippen LogP contribution is 2.21. The number of unbranched alkanes of at least 4 members (excludes halogenated alkanes) is 3. The second-order valence-corrected chi connectivity index (χ2v) is 4.49. The first-order valence-electron chi connectivity index (χ1n) is 5.45. The monoisotopic (exact) mass is 212 g/mol. The molecular weight excluding hydrogens is 192 g/mol. The van der Waals surface area contributed by atoms with Crippen LogP contribution in [0.3, 0.4) is 0 Å². The molecule has 0 radical (unpaired) electrons. The molecule has 0 fully saturated rings. The minimum absolute atomic E-state index is 0.465. The molecule has 3 heteroatoms. The summed E-state index contributed by atoms with van der Waals surface area (Å²) in [6.07, 6.45) is 8.41. The van der Waals surface area contributed by atoms with Gasteiger partial charge in [0.15, 0.2) is 0 Å². The smallest absolute Gasteiger partial charge is 0.109 e. The quantitative estimate of drug-likeness (QED) is 0.701. The number of aromatic nitrogens is 1. The zero-order chi connectivity index (χ0) is 10.2. The van der Waals surface area contributed by atoms with Gasteiger partial charge in [0.25, 0.3) is 0 Å². The van der Waals surface area contributed by atoms with Gasteiger partial charge in [0.1, 0.15) is 5.01 Å². The zero-order valence-electron chi connectivity index (χ0n) is 9.12. The average molecular weight is 212 g/mol. The van der Waals surface area contributed by atoms with Gasteiger partial charge in [0, 0.05) is 11.6 Å². The Morgan fingerprint density at radius 3 is 2.86 bits per heavy atom. The molecule has 0 spiro atoms. The lowest BCUT2D eigenvalue weighted by atomic mass is 10.1. The first kappa shape index (κ1) is 11.7. The Labute approximate surface area is 90.8 Å². The van der Waals surface area contributed by atoms with Crippen LogP contribution in [0.25, 0.3) is 0 Å². The largest absolute Gasteiger partial charge is 0.311 e. The summed E-state index contributed by atoms with van der Waals surface area (Å²) in [5, 5.41) is 6.60. The van der Waals surface area contributed by atoms with Gasteiger partial charge in [-0.05, 0) is 13.5 Å². The van der Waals surface area contributed by atoms with Gasteiger partial charge < -0.3 is 5.32 Å². The van der Waals surface area contributed by atoms with Gasteiger partial charge in [0.2, 0.25) is 0 Å². The van der Waals surface area contributed by atoms with Gasteiger partial charge in [0.05, 0.1) is 6.04 Å². The zero-order valence-corrected chi connectivity index (χ0v) is 9.94. The highest BCUT2D eigenvalue weighted by molar-refractivity contribution is 7.09. The summed E-state index contributed by atoms with van der Waals surface area (Å²) >= 11 is 1.75. The topological polar surface area (TPSA) is 24.9 Å². The van der Waals surface area contributed by atoms with Crippen molar-refractivity contribution >= 4 is 11.3 Å². The summed E-state index contributed by atoms with van der Waals surface area (Å²) in [6.45, 7) is 2.25. The summed E-state index contributed by atoms with van der Waals surface area (Å²) in [7, 11) is 2.02. The van der Waals surface area contributed by atoms with Crippen LogP contribution < -0.4 is 5.32 Å². The van der Waals surface area contributed by atoms with Gasteiger partial charge in [-0.15, -0.1) is 11.3 Å². The highest BCUT2D eigenvalue weighted by atomic mass is 32.1. The third-order valence-corrected chi connectivity index (χ3v) is 3.33. The van der Waals surface area contributed by atoms with Crippen LogP contribution >= 0.6 is 11.3 Å². The van der Waals surface area contributed by atoms with Crippen LogP contribution in [0.1, 0.15) is 50.1 Å². The van der Waals surface area contributed by atoms with E-state index in [1.54, 1.807) is 11.3 Å². The van der Waals surface area contributed by atoms with Crippen LogP contribution in [-0.4, -0.2) is 12.0 Å². The summed E-state index contributed by atoms with van der Waals surface area (Å²) < 4.78 is 0. The molecule has 1 aromatic heterocycles. The SMILES string of the molecule is CCCCCCC(NC)c1nccs1. The molecule has 1 N–H and O–H groups in total. The maximum absolute atomic E-state index is 4.34. The van der Waals surface area contributed by atoms with Crippen LogP contribution in [0.2, 0.25) is 0 Å². The van der Waals surface area contributed by atoms with E-state index in [4.69, 9.17) is 0 Å². The number of rotatable bonds is 7. The molecule has 1 rings (SSSR count). The fourth-order valence-electron chi connectivity index (χ4n) is 1.57. The number of nitrogens with one attached hydrogen (secondary N) is 1. The molecule has 14 heavy (non-hydrogen) atoms. The number of hydrogen-bond donors (Lipinski definition) is 1. The second-order valence-electron chi connectivity index (χ2n) is 3.56. The van der Waals surface area contributed by atoms with E-state index in [9.17, 15) is 0 Å². The Hall–Kier alpha value is -0.410. The number of thiazole rings is 1. The average Bonchev–Trinajstić information content (AvgIpc) is 2.71. The fourth-order valence-corrected chi connectivity index (χ4v) is 2.36. The molecular formula is C11H20N2S. The lowest BCUT2D eigenvalue weighted by Crippen LogP contribution is -2.15. The van der Waals surface area contributed by atoms with E-state index in [0.29, 0.717) is 6.04 Å². The minimum Gasteiger partial charge on any atom is -0.311 e. The maximum Gasteiger partial charge on any atom is 0.109 e. The van der Waals surface area contributed by atoms with Crippen molar-refractivity contribution in [2.45, 2.75) is 45.1 Å². The first-order valence-corrected chi connectivity index (χ1v) is 6.33. The van der Waals surface area contributed by atoms with Gasteiger partial charge in [-0.3, -0.25) is 0 Å². The Bertz CT molecular complexity index is 221. The van der Waals surface area contributed by atoms with Gasteiger partial charge in [-0.25, -0.2) is 4.98 Å². The predicted octanol–water partition coefficient (Wildman–Crippen LogP) is 3.37. The predicted molar refractivity (Wildman–Crippen MR) is 62.7 cm³/mol. The Balaban J connectivity index is 2.26. The minimum atomic E-state index is 0.465. The lowest BCUT2D eigenvalue weighted by molar-refractivity contribution is 0.503. The van der Waals surface area contributed by atoms with Crippen LogP contribution in [0, 0.1) is 0 Å². The van der Waals surface area contributed by atoms with Crippen molar-refractivity contribution in [1.82, 2.24) is 10.3 Å². The first-order chi connectivity index (χ1) is 6.88. The standard InChI is InChI=1S/C11H20N2S/c1-3-4-5-6-7-10(12-2)11-13-8-9-14-11/h8-10,12H,3-7H2,1-2H3. The Kier molecular flexibility index (Phi) is 5.80. The number of hydrogen-bond acceptors (Lipinski definition) is 3. The van der Waals surface area contributed by atoms with E-state index in [0.717, 1.165) is 0 Å². The normalized spacial score (nSPS) is 13.0. The van der Waals surface area contributed by atoms with Crippen LogP contribution in [0.5, 0.6) is 0 Å². The van der Waals surface area contributed by atoms with Gasteiger partial charge in [-0.2, -0.15) is 0 Å². The summed E-state index contributed by atoms with van der Waals surface area (Å²) in [6, 6.07) is 0.465. The molecule has 0 bridgehead atoms. The van der Waals surface area contributed by atoms with Crippen LogP contribution in [0.4, 0.5) is 0 Å². The van der Waals surface area contributed by atoms with Crippen molar-refractivity contribution < 1.29 is 0 Å². The van der Waals surface area contributed by atoms with Gasteiger partial charge >= 0.3 is 0 Å². The van der Waals surface area contributed by atoms with E-state index in [1.165, 1.54) is 37.1 Å². The maximum atomic E-state index is 4.34. The molecule has 2 nitrogen and oxygen atoms in total.